The summed E-state index contributed by atoms with van der Waals surface area (Å²) >= 11 is 0. The second-order valence-corrected chi connectivity index (χ2v) is 5.40. The van der Waals surface area contributed by atoms with Crippen LogP contribution < -0.4 is 10.6 Å². The van der Waals surface area contributed by atoms with Crippen LogP contribution in [-0.2, 0) is 0 Å². The predicted octanol–water partition coefficient (Wildman–Crippen LogP) is 3.37. The van der Waals surface area contributed by atoms with Gasteiger partial charge in [-0.3, -0.25) is 4.79 Å². The molecule has 2 rings (SSSR count). The summed E-state index contributed by atoms with van der Waals surface area (Å²) in [6, 6.07) is 6.20. The molecule has 0 saturated carbocycles. The molecule has 116 valence electrons. The van der Waals surface area contributed by atoms with Crippen molar-refractivity contribution >= 4 is 17.4 Å². The Labute approximate surface area is 131 Å². The zero-order chi connectivity index (χ0) is 15.9. The van der Waals surface area contributed by atoms with Gasteiger partial charge in [0.05, 0.1) is 12.4 Å². The van der Waals surface area contributed by atoms with Gasteiger partial charge in [0.1, 0.15) is 11.5 Å². The number of carbonyl (C=O) groups excluding carboxylic acids is 1. The normalized spacial score (nSPS) is 10.3. The lowest BCUT2D eigenvalue weighted by Crippen LogP contribution is -2.25. The minimum atomic E-state index is -0.182. The maximum absolute atomic E-state index is 11.8. The average Bonchev–Trinajstić information content (AvgIpc) is 2.47. The minimum absolute atomic E-state index is 0.182. The van der Waals surface area contributed by atoms with E-state index in [4.69, 9.17) is 0 Å². The lowest BCUT2D eigenvalue weighted by Gasteiger charge is -2.08. The lowest BCUT2D eigenvalue weighted by molar-refractivity contribution is 0.0948. The van der Waals surface area contributed by atoms with E-state index in [0.29, 0.717) is 18.1 Å². The van der Waals surface area contributed by atoms with Crippen LogP contribution in [-0.4, -0.2) is 22.4 Å². The maximum atomic E-state index is 11.8. The number of nitrogens with one attached hydrogen (secondary N) is 2. The Morgan fingerprint density at radius 2 is 1.82 bits per heavy atom. The molecule has 0 radical (unpaired) electrons. The smallest absolute Gasteiger partial charge is 0.271 e. The fourth-order valence-electron chi connectivity index (χ4n) is 2.17. The van der Waals surface area contributed by atoms with Gasteiger partial charge in [-0.1, -0.05) is 19.4 Å². The third-order valence-electron chi connectivity index (χ3n) is 3.19. The fourth-order valence-corrected chi connectivity index (χ4v) is 2.17. The molecule has 1 heterocycles. The van der Waals surface area contributed by atoms with Gasteiger partial charge in [-0.2, -0.15) is 0 Å². The highest BCUT2D eigenvalue weighted by Gasteiger charge is 2.07. The molecule has 5 nitrogen and oxygen atoms in total. The molecule has 0 unspecified atom stereocenters. The van der Waals surface area contributed by atoms with Crippen molar-refractivity contribution in [3.63, 3.8) is 0 Å². The van der Waals surface area contributed by atoms with Gasteiger partial charge in [0, 0.05) is 12.2 Å². The summed E-state index contributed by atoms with van der Waals surface area (Å²) in [6.07, 6.45) is 5.08. The zero-order valence-electron chi connectivity index (χ0n) is 13.3. The number of benzene rings is 1. The molecule has 0 aliphatic carbocycles. The summed E-state index contributed by atoms with van der Waals surface area (Å²) < 4.78 is 0. The quantitative estimate of drug-likeness (QED) is 0.802. The van der Waals surface area contributed by atoms with Crippen LogP contribution in [0.5, 0.6) is 0 Å². The Hall–Kier alpha value is -2.43. The number of hydrogen-bond acceptors (Lipinski definition) is 4. The van der Waals surface area contributed by atoms with Crippen molar-refractivity contribution in [2.45, 2.75) is 33.6 Å². The summed E-state index contributed by atoms with van der Waals surface area (Å²) in [7, 11) is 0. The Bertz CT molecular complexity index is 617. The molecular weight excluding hydrogens is 276 g/mol. The van der Waals surface area contributed by atoms with Crippen LogP contribution in [0.2, 0.25) is 0 Å². The first-order valence-corrected chi connectivity index (χ1v) is 7.54. The van der Waals surface area contributed by atoms with Crippen LogP contribution in [0.4, 0.5) is 11.5 Å². The van der Waals surface area contributed by atoms with Crippen molar-refractivity contribution in [3.05, 3.63) is 47.4 Å². The highest BCUT2D eigenvalue weighted by atomic mass is 16.1. The average molecular weight is 298 g/mol. The first-order chi connectivity index (χ1) is 10.6. The number of anilines is 2. The second kappa shape index (κ2) is 7.54. The molecule has 0 atom stereocenters. The van der Waals surface area contributed by atoms with E-state index in [1.54, 1.807) is 6.20 Å². The molecule has 1 aromatic heterocycles. The van der Waals surface area contributed by atoms with E-state index in [1.807, 2.05) is 26.0 Å². The number of aryl methyl sites for hydroxylation is 2. The van der Waals surface area contributed by atoms with Crippen LogP contribution >= 0.6 is 0 Å². The van der Waals surface area contributed by atoms with Gasteiger partial charge in [-0.15, -0.1) is 0 Å². The van der Waals surface area contributed by atoms with E-state index < -0.39 is 0 Å². The van der Waals surface area contributed by atoms with Crippen LogP contribution in [0.25, 0.3) is 0 Å². The molecule has 5 heteroatoms. The number of rotatable bonds is 6. The van der Waals surface area contributed by atoms with Gasteiger partial charge in [0.2, 0.25) is 0 Å². The van der Waals surface area contributed by atoms with E-state index in [0.717, 1.165) is 18.5 Å². The largest absolute Gasteiger partial charge is 0.351 e. The van der Waals surface area contributed by atoms with E-state index in [-0.39, 0.29) is 5.91 Å². The van der Waals surface area contributed by atoms with Crippen LogP contribution in [0.1, 0.15) is 41.4 Å². The SMILES string of the molecule is CCCCNC(=O)c1cnc(Nc2cc(C)cc(C)c2)cn1. The zero-order valence-corrected chi connectivity index (χ0v) is 13.3. The van der Waals surface area contributed by atoms with Gasteiger partial charge >= 0.3 is 0 Å². The Morgan fingerprint density at radius 3 is 2.41 bits per heavy atom. The number of hydrogen-bond donors (Lipinski definition) is 2. The molecule has 0 spiro atoms. The van der Waals surface area contributed by atoms with Crippen LogP contribution in [0.15, 0.2) is 30.6 Å². The van der Waals surface area contributed by atoms with Crippen molar-refractivity contribution in [1.29, 1.82) is 0 Å². The molecule has 0 saturated heterocycles. The fraction of sp³-hybridized carbons (Fsp3) is 0.353. The predicted molar refractivity (Wildman–Crippen MR) is 88.5 cm³/mol. The number of nitrogens with zero attached hydrogens (tertiary/aromatic N) is 2. The van der Waals surface area contributed by atoms with Crippen LogP contribution in [0.3, 0.4) is 0 Å². The Morgan fingerprint density at radius 1 is 1.09 bits per heavy atom. The number of carbonyl (C=O) groups is 1. The molecule has 0 fully saturated rings. The second-order valence-electron chi connectivity index (χ2n) is 5.40. The lowest BCUT2D eigenvalue weighted by atomic mass is 10.1. The standard InChI is InChI=1S/C17H22N4O/c1-4-5-6-18-17(22)15-10-20-16(11-19-15)21-14-8-12(2)7-13(3)9-14/h7-11H,4-6H2,1-3H3,(H,18,22)(H,20,21). The molecule has 2 N–H and O–H groups in total. The molecule has 1 aromatic carbocycles. The van der Waals surface area contributed by atoms with Gasteiger partial charge < -0.3 is 10.6 Å². The molecule has 2 aromatic rings. The van der Waals surface area contributed by atoms with E-state index in [9.17, 15) is 4.79 Å². The topological polar surface area (TPSA) is 66.9 Å². The Balaban J connectivity index is 2.01. The van der Waals surface area contributed by atoms with E-state index in [1.165, 1.54) is 17.3 Å². The van der Waals surface area contributed by atoms with Gasteiger partial charge in [-0.25, -0.2) is 9.97 Å². The molecular formula is C17H22N4O. The van der Waals surface area contributed by atoms with Crippen LogP contribution in [0, 0.1) is 13.8 Å². The Kier molecular flexibility index (Phi) is 5.47. The third kappa shape index (κ3) is 4.55. The molecule has 1 amide bonds. The van der Waals surface area contributed by atoms with Crippen molar-refractivity contribution in [2.24, 2.45) is 0 Å². The van der Waals surface area contributed by atoms with Gasteiger partial charge in [0.25, 0.3) is 5.91 Å². The summed E-state index contributed by atoms with van der Waals surface area (Å²) in [4.78, 5) is 20.3. The number of unbranched alkanes of at least 4 members (excludes halogenated alkanes) is 1. The van der Waals surface area contributed by atoms with Crippen molar-refractivity contribution < 1.29 is 4.79 Å². The molecule has 0 aliphatic rings. The summed E-state index contributed by atoms with van der Waals surface area (Å²) in [5.74, 6) is 0.439. The number of amides is 1. The van der Waals surface area contributed by atoms with Crippen molar-refractivity contribution in [2.75, 3.05) is 11.9 Å². The van der Waals surface area contributed by atoms with Crippen molar-refractivity contribution in [3.8, 4) is 0 Å². The number of aromatic nitrogens is 2. The van der Waals surface area contributed by atoms with E-state index >= 15 is 0 Å². The monoisotopic (exact) mass is 298 g/mol. The summed E-state index contributed by atoms with van der Waals surface area (Å²) in [5, 5.41) is 6.02. The first-order valence-electron chi connectivity index (χ1n) is 7.54. The molecule has 22 heavy (non-hydrogen) atoms. The maximum Gasteiger partial charge on any atom is 0.271 e. The highest BCUT2D eigenvalue weighted by molar-refractivity contribution is 5.92. The summed E-state index contributed by atoms with van der Waals surface area (Å²) in [5.41, 5.74) is 3.67. The molecule has 0 bridgehead atoms. The minimum Gasteiger partial charge on any atom is -0.351 e. The first kappa shape index (κ1) is 15.9. The summed E-state index contributed by atoms with van der Waals surface area (Å²) in [6.45, 7) is 6.85. The van der Waals surface area contributed by atoms with Gasteiger partial charge in [0.15, 0.2) is 0 Å². The molecule has 0 aliphatic heterocycles. The van der Waals surface area contributed by atoms with E-state index in [2.05, 4.69) is 33.6 Å². The van der Waals surface area contributed by atoms with Crippen molar-refractivity contribution in [1.82, 2.24) is 15.3 Å². The third-order valence-corrected chi connectivity index (χ3v) is 3.19. The highest BCUT2D eigenvalue weighted by Crippen LogP contribution is 2.17. The van der Waals surface area contributed by atoms with Gasteiger partial charge in [-0.05, 0) is 43.5 Å².